The van der Waals surface area contributed by atoms with E-state index in [1.54, 1.807) is 6.20 Å². The third-order valence-corrected chi connectivity index (χ3v) is 3.95. The average Bonchev–Trinajstić information content (AvgIpc) is 3.03. The molecule has 5 heteroatoms. The number of ether oxygens (including phenoxy) is 1. The fourth-order valence-corrected chi connectivity index (χ4v) is 2.76. The summed E-state index contributed by atoms with van der Waals surface area (Å²) >= 11 is 0. The van der Waals surface area contributed by atoms with E-state index in [0.717, 1.165) is 51.9 Å². The molecule has 1 amide bonds. The number of aromatic nitrogens is 1. The number of likely N-dealkylation sites (tertiary alicyclic amines) is 1. The van der Waals surface area contributed by atoms with Crippen LogP contribution in [0.15, 0.2) is 18.3 Å². The number of nitrogens with one attached hydrogen (secondary N) is 1. The molecule has 2 saturated heterocycles. The van der Waals surface area contributed by atoms with Crippen LogP contribution in [0.1, 0.15) is 36.0 Å². The van der Waals surface area contributed by atoms with Crippen LogP contribution in [0.2, 0.25) is 0 Å². The summed E-state index contributed by atoms with van der Waals surface area (Å²) in [7, 11) is 0. The molecule has 2 aliphatic rings. The van der Waals surface area contributed by atoms with Crippen LogP contribution in [0.25, 0.3) is 0 Å². The monoisotopic (exact) mass is 275 g/mol. The summed E-state index contributed by atoms with van der Waals surface area (Å²) in [5.41, 5.74) is 0.657. The number of nitrogens with zero attached hydrogens (tertiary/aromatic N) is 2. The van der Waals surface area contributed by atoms with Gasteiger partial charge in [0.1, 0.15) is 6.10 Å². The fourth-order valence-electron chi connectivity index (χ4n) is 2.76. The molecule has 1 N–H and O–H groups in total. The van der Waals surface area contributed by atoms with Crippen LogP contribution in [0, 0.1) is 0 Å². The van der Waals surface area contributed by atoms with Gasteiger partial charge in [-0.25, -0.2) is 4.98 Å². The van der Waals surface area contributed by atoms with Gasteiger partial charge in [0.05, 0.1) is 5.56 Å². The van der Waals surface area contributed by atoms with Crippen molar-refractivity contribution >= 4 is 5.91 Å². The Morgan fingerprint density at radius 3 is 2.65 bits per heavy atom. The first-order valence-corrected chi connectivity index (χ1v) is 7.45. The highest BCUT2D eigenvalue weighted by Gasteiger charge is 2.20. The summed E-state index contributed by atoms with van der Waals surface area (Å²) in [5.74, 6) is 0.707. The SMILES string of the molecule is O=C(c1ccc(OC2CCNCC2)nc1)N1CCCC1. The maximum atomic E-state index is 12.2. The maximum absolute atomic E-state index is 12.2. The van der Waals surface area contributed by atoms with E-state index in [-0.39, 0.29) is 12.0 Å². The summed E-state index contributed by atoms with van der Waals surface area (Å²) in [6.45, 7) is 3.73. The molecule has 0 unspecified atom stereocenters. The molecule has 0 atom stereocenters. The molecule has 3 rings (SSSR count). The lowest BCUT2D eigenvalue weighted by Crippen LogP contribution is -2.34. The van der Waals surface area contributed by atoms with E-state index in [1.165, 1.54) is 0 Å². The van der Waals surface area contributed by atoms with Gasteiger partial charge in [-0.2, -0.15) is 0 Å². The first kappa shape index (κ1) is 13.4. The van der Waals surface area contributed by atoms with Crippen molar-refractivity contribution < 1.29 is 9.53 Å². The van der Waals surface area contributed by atoms with E-state index in [4.69, 9.17) is 4.74 Å². The van der Waals surface area contributed by atoms with Crippen LogP contribution >= 0.6 is 0 Å². The lowest BCUT2D eigenvalue weighted by Gasteiger charge is -2.23. The highest BCUT2D eigenvalue weighted by Crippen LogP contribution is 2.17. The molecule has 3 heterocycles. The van der Waals surface area contributed by atoms with Crippen molar-refractivity contribution in [3.05, 3.63) is 23.9 Å². The summed E-state index contributed by atoms with van der Waals surface area (Å²) < 4.78 is 5.84. The molecule has 2 fully saturated rings. The van der Waals surface area contributed by atoms with Crippen LogP contribution in [0.5, 0.6) is 5.88 Å². The van der Waals surface area contributed by atoms with Crippen molar-refractivity contribution in [3.63, 3.8) is 0 Å². The van der Waals surface area contributed by atoms with Crippen molar-refractivity contribution in [3.8, 4) is 5.88 Å². The number of hydrogen-bond donors (Lipinski definition) is 1. The summed E-state index contributed by atoms with van der Waals surface area (Å²) in [6.07, 6.45) is 6.11. The quantitative estimate of drug-likeness (QED) is 0.907. The van der Waals surface area contributed by atoms with Crippen molar-refractivity contribution in [1.29, 1.82) is 0 Å². The van der Waals surface area contributed by atoms with Crippen molar-refractivity contribution in [2.45, 2.75) is 31.8 Å². The molecule has 108 valence electrons. The second-order valence-electron chi connectivity index (χ2n) is 5.45. The molecular formula is C15H21N3O2. The molecule has 0 spiro atoms. The summed E-state index contributed by atoms with van der Waals surface area (Å²) in [5, 5.41) is 3.31. The minimum absolute atomic E-state index is 0.0865. The van der Waals surface area contributed by atoms with Gasteiger partial charge in [-0.3, -0.25) is 4.79 Å². The minimum atomic E-state index is 0.0865. The fraction of sp³-hybridized carbons (Fsp3) is 0.600. The number of piperidine rings is 1. The predicted octanol–water partition coefficient (Wildman–Crippen LogP) is 1.45. The van der Waals surface area contributed by atoms with Gasteiger partial charge >= 0.3 is 0 Å². The van der Waals surface area contributed by atoms with Crippen molar-refractivity contribution in [1.82, 2.24) is 15.2 Å². The molecule has 0 radical (unpaired) electrons. The number of carbonyl (C=O) groups excluding carboxylic acids is 1. The van der Waals surface area contributed by atoms with Crippen molar-refractivity contribution in [2.75, 3.05) is 26.2 Å². The predicted molar refractivity (Wildman–Crippen MR) is 75.9 cm³/mol. The molecule has 1 aromatic heterocycles. The van der Waals surface area contributed by atoms with Crippen LogP contribution in [0.4, 0.5) is 0 Å². The number of pyridine rings is 1. The van der Waals surface area contributed by atoms with Gasteiger partial charge in [-0.15, -0.1) is 0 Å². The zero-order valence-electron chi connectivity index (χ0n) is 11.7. The topological polar surface area (TPSA) is 54.5 Å². The Morgan fingerprint density at radius 2 is 2.00 bits per heavy atom. The molecule has 0 aliphatic carbocycles. The van der Waals surface area contributed by atoms with Gasteiger partial charge in [0.25, 0.3) is 5.91 Å². The maximum Gasteiger partial charge on any atom is 0.255 e. The Labute approximate surface area is 119 Å². The molecule has 5 nitrogen and oxygen atoms in total. The second-order valence-corrected chi connectivity index (χ2v) is 5.45. The van der Waals surface area contributed by atoms with E-state index in [2.05, 4.69) is 10.3 Å². The largest absolute Gasteiger partial charge is 0.474 e. The third kappa shape index (κ3) is 3.10. The zero-order valence-corrected chi connectivity index (χ0v) is 11.7. The number of amides is 1. The van der Waals surface area contributed by atoms with Gasteiger partial charge in [-0.1, -0.05) is 0 Å². The van der Waals surface area contributed by atoms with Gasteiger partial charge in [0.2, 0.25) is 5.88 Å². The van der Waals surface area contributed by atoms with Crippen molar-refractivity contribution in [2.24, 2.45) is 0 Å². The Hall–Kier alpha value is -1.62. The van der Waals surface area contributed by atoms with E-state index in [9.17, 15) is 4.79 Å². The number of rotatable bonds is 3. The molecule has 0 aromatic carbocycles. The van der Waals surface area contributed by atoms with Gasteiger partial charge in [-0.05, 0) is 44.8 Å². The Balaban J connectivity index is 1.60. The van der Waals surface area contributed by atoms with Crippen LogP contribution < -0.4 is 10.1 Å². The van der Waals surface area contributed by atoms with E-state index in [1.807, 2.05) is 17.0 Å². The van der Waals surface area contributed by atoms with Crippen LogP contribution in [-0.2, 0) is 0 Å². The van der Waals surface area contributed by atoms with Crippen LogP contribution in [0.3, 0.4) is 0 Å². The standard InChI is InChI=1S/C15H21N3O2/c19-15(18-9-1-2-10-18)12-3-4-14(17-11-12)20-13-5-7-16-8-6-13/h3-4,11,13,16H,1-2,5-10H2. The van der Waals surface area contributed by atoms with E-state index in [0.29, 0.717) is 11.4 Å². The van der Waals surface area contributed by atoms with E-state index >= 15 is 0 Å². The summed E-state index contributed by atoms with van der Waals surface area (Å²) in [4.78, 5) is 18.4. The van der Waals surface area contributed by atoms with Crippen LogP contribution in [-0.4, -0.2) is 48.1 Å². The molecule has 20 heavy (non-hydrogen) atoms. The van der Waals surface area contributed by atoms with Gasteiger partial charge in [0, 0.05) is 25.4 Å². The summed E-state index contributed by atoms with van der Waals surface area (Å²) in [6, 6.07) is 3.63. The molecule has 2 aliphatic heterocycles. The molecule has 0 bridgehead atoms. The molecule has 0 saturated carbocycles. The minimum Gasteiger partial charge on any atom is -0.474 e. The Bertz CT molecular complexity index is 449. The van der Waals surface area contributed by atoms with E-state index < -0.39 is 0 Å². The average molecular weight is 275 g/mol. The normalized spacial score (nSPS) is 20.1. The Kier molecular flexibility index (Phi) is 4.16. The first-order valence-electron chi connectivity index (χ1n) is 7.45. The first-order chi connectivity index (χ1) is 9.83. The zero-order chi connectivity index (χ0) is 13.8. The highest BCUT2D eigenvalue weighted by atomic mass is 16.5. The second kappa shape index (κ2) is 6.22. The number of carbonyl (C=O) groups is 1. The highest BCUT2D eigenvalue weighted by molar-refractivity contribution is 5.94. The molecular weight excluding hydrogens is 254 g/mol. The third-order valence-electron chi connectivity index (χ3n) is 3.95. The van der Waals surface area contributed by atoms with Gasteiger partial charge in [0.15, 0.2) is 0 Å². The number of hydrogen-bond acceptors (Lipinski definition) is 4. The smallest absolute Gasteiger partial charge is 0.255 e. The molecule has 1 aromatic rings. The lowest BCUT2D eigenvalue weighted by molar-refractivity contribution is 0.0792. The van der Waals surface area contributed by atoms with Gasteiger partial charge < -0.3 is 15.0 Å². The Morgan fingerprint density at radius 1 is 1.25 bits per heavy atom. The lowest BCUT2D eigenvalue weighted by atomic mass is 10.1.